The summed E-state index contributed by atoms with van der Waals surface area (Å²) in [6, 6.07) is 24.8. The minimum Gasteiger partial charge on any atom is -0.443 e. The summed E-state index contributed by atoms with van der Waals surface area (Å²) in [5, 5.41) is 0.949. The van der Waals surface area contributed by atoms with E-state index >= 15 is 0 Å². The van der Waals surface area contributed by atoms with Gasteiger partial charge in [0.25, 0.3) is 0 Å². The summed E-state index contributed by atoms with van der Waals surface area (Å²) in [4.78, 5) is 13.2. The summed E-state index contributed by atoms with van der Waals surface area (Å²) < 4.78 is 35.7. The monoisotopic (exact) mass is 502 g/mol. The second-order valence-corrected chi connectivity index (χ2v) is 12.1. The average molecular weight is 503 g/mol. The van der Waals surface area contributed by atoms with Gasteiger partial charge in [-0.05, 0) is 74.1 Å². The minimum absolute atomic E-state index is 0.0398. The van der Waals surface area contributed by atoms with E-state index in [1.54, 1.807) is 4.57 Å². The van der Waals surface area contributed by atoms with E-state index in [2.05, 4.69) is 10.8 Å². The van der Waals surface area contributed by atoms with Gasteiger partial charge < -0.3 is 4.74 Å². The zero-order valence-electron chi connectivity index (χ0n) is 20.7. The maximum atomic E-state index is 13.2. The van der Waals surface area contributed by atoms with Crippen LogP contribution in [0.1, 0.15) is 37.5 Å². The lowest BCUT2D eigenvalue weighted by Crippen LogP contribution is -2.36. The van der Waals surface area contributed by atoms with Crippen molar-refractivity contribution in [2.75, 3.05) is 0 Å². The lowest BCUT2D eigenvalue weighted by atomic mass is 10.0. The first-order chi connectivity index (χ1) is 17.1. The quantitative estimate of drug-likeness (QED) is 0.381. The number of fused-ring (bicyclic) bond motifs is 2. The van der Waals surface area contributed by atoms with Crippen LogP contribution < -0.4 is 4.72 Å². The molecule has 5 rings (SSSR count). The second-order valence-electron chi connectivity index (χ2n) is 10.4. The molecule has 1 atom stereocenters. The van der Waals surface area contributed by atoms with Crippen molar-refractivity contribution in [3.8, 4) is 11.3 Å². The lowest BCUT2D eigenvalue weighted by molar-refractivity contribution is 0.0547. The number of aromatic nitrogens is 1. The van der Waals surface area contributed by atoms with Gasteiger partial charge >= 0.3 is 6.09 Å². The summed E-state index contributed by atoms with van der Waals surface area (Å²) in [5.74, 6) is -0.0398. The van der Waals surface area contributed by atoms with Crippen molar-refractivity contribution in [1.29, 1.82) is 0 Å². The Labute approximate surface area is 212 Å². The molecule has 0 fully saturated rings. The number of para-hydroxylation sites is 1. The van der Waals surface area contributed by atoms with Crippen molar-refractivity contribution in [1.82, 2.24) is 9.29 Å². The Bertz CT molecular complexity index is 1530. The molecule has 3 aromatic carbocycles. The van der Waals surface area contributed by atoms with Gasteiger partial charge in [0.1, 0.15) is 5.60 Å². The largest absolute Gasteiger partial charge is 0.443 e. The topological polar surface area (TPSA) is 77.4 Å². The van der Waals surface area contributed by atoms with Gasteiger partial charge in [0.15, 0.2) is 0 Å². The summed E-state index contributed by atoms with van der Waals surface area (Å²) >= 11 is 0. The van der Waals surface area contributed by atoms with Gasteiger partial charge in [0.2, 0.25) is 10.0 Å². The predicted molar refractivity (Wildman–Crippen MR) is 142 cm³/mol. The van der Waals surface area contributed by atoms with Gasteiger partial charge in [-0.3, -0.25) is 0 Å². The normalized spacial score (nSPS) is 15.7. The molecule has 36 heavy (non-hydrogen) atoms. The third kappa shape index (κ3) is 5.22. The fourth-order valence-electron chi connectivity index (χ4n) is 4.82. The lowest BCUT2D eigenvalue weighted by Gasteiger charge is -2.21. The molecular weight excluding hydrogens is 472 g/mol. The molecule has 0 spiro atoms. The van der Waals surface area contributed by atoms with E-state index in [0.717, 1.165) is 38.9 Å². The fourth-order valence-corrected chi connectivity index (χ4v) is 6.21. The first kappa shape index (κ1) is 24.3. The molecule has 0 radical (unpaired) electrons. The highest BCUT2D eigenvalue weighted by atomic mass is 32.2. The van der Waals surface area contributed by atoms with E-state index in [9.17, 15) is 13.2 Å². The van der Waals surface area contributed by atoms with Crippen LogP contribution in [0.4, 0.5) is 4.79 Å². The summed E-state index contributed by atoms with van der Waals surface area (Å²) in [6.45, 7) is 5.56. The van der Waals surface area contributed by atoms with Crippen LogP contribution in [-0.2, 0) is 33.4 Å². The number of rotatable bonds is 5. The van der Waals surface area contributed by atoms with Gasteiger partial charge in [-0.15, -0.1) is 0 Å². The van der Waals surface area contributed by atoms with Crippen molar-refractivity contribution in [3.63, 3.8) is 0 Å². The van der Waals surface area contributed by atoms with Crippen LogP contribution in [0.5, 0.6) is 0 Å². The highest BCUT2D eigenvalue weighted by Crippen LogP contribution is 2.33. The Hall–Kier alpha value is -3.42. The fraction of sp³-hybridized carbons (Fsp3) is 0.276. The van der Waals surface area contributed by atoms with Gasteiger partial charge in [0.05, 0.1) is 17.0 Å². The molecule has 0 saturated carbocycles. The molecule has 1 N–H and O–H groups in total. The number of hydrogen-bond donors (Lipinski definition) is 1. The third-order valence-electron chi connectivity index (χ3n) is 6.27. The van der Waals surface area contributed by atoms with E-state index in [0.29, 0.717) is 12.8 Å². The molecule has 0 aliphatic heterocycles. The zero-order valence-corrected chi connectivity index (χ0v) is 21.5. The van der Waals surface area contributed by atoms with E-state index in [-0.39, 0.29) is 11.8 Å². The number of ether oxygens (including phenoxy) is 1. The first-order valence-electron chi connectivity index (χ1n) is 12.1. The Morgan fingerprint density at radius 1 is 0.944 bits per heavy atom. The molecule has 1 aliphatic carbocycles. The van der Waals surface area contributed by atoms with Crippen molar-refractivity contribution >= 4 is 27.0 Å². The zero-order chi connectivity index (χ0) is 25.5. The maximum absolute atomic E-state index is 13.2. The number of benzene rings is 3. The number of sulfonamides is 1. The third-order valence-corrected chi connectivity index (χ3v) is 7.67. The van der Waals surface area contributed by atoms with Crippen molar-refractivity contribution < 1.29 is 17.9 Å². The van der Waals surface area contributed by atoms with E-state index < -0.39 is 21.7 Å². The number of nitrogens with one attached hydrogen (secondary N) is 1. The van der Waals surface area contributed by atoms with Gasteiger partial charge in [-0.2, -0.15) is 0 Å². The van der Waals surface area contributed by atoms with Crippen LogP contribution >= 0.6 is 0 Å². The molecule has 0 bridgehead atoms. The second kappa shape index (κ2) is 9.22. The molecule has 1 heterocycles. The molecule has 4 aromatic rings. The number of carbonyl (C=O) groups excluding carboxylic acids is 1. The standard InChI is InChI=1S/C29H30N2O4S/c1-29(2,3)35-28(32)31-26-12-8-7-11-22(26)18-27(31)23-14-13-21-16-25(17-24(21)15-23)30-36(33,34)19-20-9-5-4-6-10-20/h4-15,18,25,30H,16-17,19H2,1-3H3. The molecule has 6 nitrogen and oxygen atoms in total. The smallest absolute Gasteiger partial charge is 0.419 e. The van der Waals surface area contributed by atoms with E-state index in [1.807, 2.05) is 93.6 Å². The summed E-state index contributed by atoms with van der Waals surface area (Å²) in [5.41, 5.74) is 4.77. The highest BCUT2D eigenvalue weighted by molar-refractivity contribution is 7.88. The molecular formula is C29H30N2O4S. The molecule has 0 amide bonds. The van der Waals surface area contributed by atoms with Gasteiger partial charge in [-0.1, -0.05) is 60.7 Å². The molecule has 186 valence electrons. The Morgan fingerprint density at radius 3 is 2.39 bits per heavy atom. The molecule has 1 aliphatic rings. The molecule has 1 aromatic heterocycles. The summed E-state index contributed by atoms with van der Waals surface area (Å²) in [7, 11) is -3.47. The first-order valence-corrected chi connectivity index (χ1v) is 13.7. The minimum atomic E-state index is -3.47. The molecule has 7 heteroatoms. The van der Waals surface area contributed by atoms with Crippen LogP contribution in [-0.4, -0.2) is 30.7 Å². The van der Waals surface area contributed by atoms with Crippen LogP contribution in [0, 0.1) is 0 Å². The number of carbonyl (C=O) groups is 1. The highest BCUT2D eigenvalue weighted by Gasteiger charge is 2.27. The van der Waals surface area contributed by atoms with Crippen LogP contribution in [0.3, 0.4) is 0 Å². The Balaban J connectivity index is 1.41. The van der Waals surface area contributed by atoms with Crippen molar-refractivity contribution in [2.45, 2.75) is 51.0 Å². The van der Waals surface area contributed by atoms with Gasteiger partial charge in [-0.25, -0.2) is 22.5 Å². The summed E-state index contributed by atoms with van der Waals surface area (Å²) in [6.07, 6.45) is 0.813. The Morgan fingerprint density at radius 2 is 1.64 bits per heavy atom. The SMILES string of the molecule is CC(C)(C)OC(=O)n1c(-c2ccc3c(c2)CC(NS(=O)(=O)Cc2ccccc2)C3)cc2ccccc21. The van der Waals surface area contributed by atoms with Crippen molar-refractivity contribution in [3.05, 3.63) is 95.6 Å². The molecule has 0 saturated heterocycles. The molecule has 1 unspecified atom stereocenters. The van der Waals surface area contributed by atoms with Crippen LogP contribution in [0.15, 0.2) is 78.9 Å². The van der Waals surface area contributed by atoms with Crippen LogP contribution in [0.2, 0.25) is 0 Å². The average Bonchev–Trinajstić information content (AvgIpc) is 3.37. The van der Waals surface area contributed by atoms with E-state index in [1.165, 1.54) is 0 Å². The van der Waals surface area contributed by atoms with Crippen molar-refractivity contribution in [2.24, 2.45) is 0 Å². The Kier molecular flexibility index (Phi) is 6.22. The maximum Gasteiger partial charge on any atom is 0.419 e. The number of nitrogens with zero attached hydrogens (tertiary/aromatic N) is 1. The van der Waals surface area contributed by atoms with E-state index in [4.69, 9.17) is 4.74 Å². The van der Waals surface area contributed by atoms with Crippen LogP contribution in [0.25, 0.3) is 22.2 Å². The predicted octanol–water partition coefficient (Wildman–Crippen LogP) is 5.68. The number of hydrogen-bond acceptors (Lipinski definition) is 4. The van der Waals surface area contributed by atoms with Gasteiger partial charge in [0, 0.05) is 11.4 Å².